The van der Waals surface area contributed by atoms with Gasteiger partial charge in [0.05, 0.1) is 17.9 Å². The Kier molecular flexibility index (Phi) is 7.66. The lowest BCUT2D eigenvalue weighted by molar-refractivity contribution is -0.150. The van der Waals surface area contributed by atoms with Crippen LogP contribution in [0.25, 0.3) is 0 Å². The second kappa shape index (κ2) is 10.5. The lowest BCUT2D eigenvalue weighted by atomic mass is 10.0. The summed E-state index contributed by atoms with van der Waals surface area (Å²) in [6.07, 6.45) is -0.0139. The van der Waals surface area contributed by atoms with Gasteiger partial charge in [0, 0.05) is 16.9 Å². The van der Waals surface area contributed by atoms with Crippen LogP contribution < -0.4 is 16.8 Å². The first kappa shape index (κ1) is 24.8. The number of nitrogens with two attached hydrogens (primary N) is 2. The van der Waals surface area contributed by atoms with Crippen molar-refractivity contribution < 1.29 is 24.3 Å². The van der Waals surface area contributed by atoms with Crippen LogP contribution in [0.3, 0.4) is 0 Å². The molecule has 180 valence electrons. The Morgan fingerprint density at radius 3 is 2.65 bits per heavy atom. The molecule has 1 fully saturated rings. The van der Waals surface area contributed by atoms with Crippen LogP contribution in [0.1, 0.15) is 5.69 Å². The van der Waals surface area contributed by atoms with Crippen LogP contribution in [0.5, 0.6) is 0 Å². The van der Waals surface area contributed by atoms with Gasteiger partial charge in [0.15, 0.2) is 13.8 Å². The Balaban J connectivity index is 1.38. The lowest BCUT2D eigenvalue weighted by Gasteiger charge is -2.49. The van der Waals surface area contributed by atoms with Crippen molar-refractivity contribution in [2.75, 3.05) is 23.0 Å². The summed E-state index contributed by atoms with van der Waals surface area (Å²) in [4.78, 5) is 53.2. The maximum atomic E-state index is 12.8. The smallest absolute Gasteiger partial charge is 0.352 e. The molecule has 12 nitrogen and oxygen atoms in total. The summed E-state index contributed by atoms with van der Waals surface area (Å²) >= 11 is 6.38. The number of carboxylic acid groups (broad SMARTS) is 1. The summed E-state index contributed by atoms with van der Waals surface area (Å²) in [5, 5.41) is 22.0. The average Bonchev–Trinajstić information content (AvgIpc) is 3.42. The molecule has 4 heterocycles. The van der Waals surface area contributed by atoms with Crippen molar-refractivity contribution in [2.45, 2.75) is 26.5 Å². The van der Waals surface area contributed by atoms with E-state index in [1.54, 1.807) is 5.38 Å². The first-order chi connectivity index (χ1) is 16.2. The standard InChI is InChI=1S/C17H17N7O5S5/c18-8(25)5-33-17-23-22-16(34-17)32-3-6-2-30-13-10(12(27)24(13)11(6)14(28)29)21-9(26)1-7-4-31-15(19)20-7/h4,10,13H,1-3,5H2,(H2,18,25)(H2,19,20)(H,21,26)(H,28,29)/t10?,13-/m1/s1. The number of β-lactam (4-membered cyclic amide) rings is 1. The maximum Gasteiger partial charge on any atom is 0.352 e. The van der Waals surface area contributed by atoms with Crippen LogP contribution in [-0.4, -0.2) is 77.6 Å². The van der Waals surface area contributed by atoms with E-state index in [2.05, 4.69) is 20.5 Å². The highest BCUT2D eigenvalue weighted by Gasteiger charge is 2.54. The van der Waals surface area contributed by atoms with E-state index in [9.17, 15) is 24.3 Å². The largest absolute Gasteiger partial charge is 0.477 e. The van der Waals surface area contributed by atoms with Gasteiger partial charge >= 0.3 is 5.97 Å². The van der Waals surface area contributed by atoms with Gasteiger partial charge in [-0.3, -0.25) is 19.3 Å². The van der Waals surface area contributed by atoms with E-state index < -0.39 is 29.2 Å². The van der Waals surface area contributed by atoms with Crippen LogP contribution in [-0.2, 0) is 25.6 Å². The van der Waals surface area contributed by atoms with Crippen LogP contribution in [0, 0.1) is 0 Å². The number of carboxylic acids is 1. The molecule has 0 spiro atoms. The number of nitrogen functional groups attached to an aromatic ring is 1. The molecule has 1 unspecified atom stereocenters. The molecule has 34 heavy (non-hydrogen) atoms. The topological polar surface area (TPSA) is 194 Å². The summed E-state index contributed by atoms with van der Waals surface area (Å²) in [6.45, 7) is 0. The van der Waals surface area contributed by atoms with Crippen LogP contribution in [0.2, 0.25) is 0 Å². The molecule has 0 radical (unpaired) electrons. The number of anilines is 1. The Labute approximate surface area is 213 Å². The predicted molar refractivity (Wildman–Crippen MR) is 130 cm³/mol. The van der Waals surface area contributed by atoms with Crippen LogP contribution in [0.15, 0.2) is 25.3 Å². The van der Waals surface area contributed by atoms with Gasteiger partial charge in [0.25, 0.3) is 5.91 Å². The number of thiazole rings is 1. The van der Waals surface area contributed by atoms with E-state index in [-0.39, 0.29) is 23.8 Å². The molecular formula is C17H17N7O5S5. The number of nitrogens with zero attached hydrogens (tertiary/aromatic N) is 4. The number of hydrogen-bond acceptors (Lipinski definition) is 13. The molecule has 3 amide bonds. The number of hydrogen-bond donors (Lipinski definition) is 4. The first-order valence-electron chi connectivity index (χ1n) is 9.49. The highest BCUT2D eigenvalue weighted by molar-refractivity contribution is 8.03. The molecule has 2 aliphatic heterocycles. The fraction of sp³-hybridized carbons (Fsp3) is 0.353. The van der Waals surface area contributed by atoms with Gasteiger partial charge in [-0.15, -0.1) is 33.3 Å². The number of fused-ring (bicyclic) bond motifs is 1. The Morgan fingerprint density at radius 1 is 1.26 bits per heavy atom. The highest BCUT2D eigenvalue weighted by atomic mass is 32.2. The summed E-state index contributed by atoms with van der Waals surface area (Å²) < 4.78 is 1.20. The van der Waals surface area contributed by atoms with Gasteiger partial charge in [-0.05, 0) is 5.57 Å². The highest BCUT2D eigenvalue weighted by Crippen LogP contribution is 2.42. The molecule has 0 saturated carbocycles. The number of rotatable bonds is 10. The number of aromatic nitrogens is 3. The zero-order valence-corrected chi connectivity index (χ0v) is 21.2. The monoisotopic (exact) mass is 559 g/mol. The van der Waals surface area contributed by atoms with Gasteiger partial charge in [-0.25, -0.2) is 9.78 Å². The molecule has 6 N–H and O–H groups in total. The number of thioether (sulfide) groups is 3. The van der Waals surface area contributed by atoms with Crippen molar-refractivity contribution in [3.05, 3.63) is 22.3 Å². The molecule has 2 atom stereocenters. The molecule has 2 aromatic rings. The molecule has 1 saturated heterocycles. The fourth-order valence-electron chi connectivity index (χ4n) is 3.18. The zero-order valence-electron chi connectivity index (χ0n) is 17.1. The molecule has 0 aromatic carbocycles. The minimum absolute atomic E-state index is 0.0139. The van der Waals surface area contributed by atoms with Crippen molar-refractivity contribution in [1.29, 1.82) is 0 Å². The lowest BCUT2D eigenvalue weighted by Crippen LogP contribution is -2.70. The van der Waals surface area contributed by atoms with E-state index >= 15 is 0 Å². The number of nitrogens with one attached hydrogen (secondary N) is 1. The van der Waals surface area contributed by atoms with E-state index in [0.717, 1.165) is 0 Å². The average molecular weight is 560 g/mol. The Morgan fingerprint density at radius 2 is 2.00 bits per heavy atom. The number of carbonyl (C=O) groups is 4. The molecule has 0 bridgehead atoms. The number of primary amides is 1. The van der Waals surface area contributed by atoms with Gasteiger partial charge in [-0.2, -0.15) is 0 Å². The van der Waals surface area contributed by atoms with Gasteiger partial charge in [0.2, 0.25) is 11.8 Å². The second-order valence-corrected chi connectivity index (χ2v) is 12.4. The zero-order chi connectivity index (χ0) is 24.4. The van der Waals surface area contributed by atoms with Crippen LogP contribution in [0.4, 0.5) is 5.13 Å². The Hall–Kier alpha value is -2.34. The summed E-state index contributed by atoms with van der Waals surface area (Å²) in [5.41, 5.74) is 11.7. The van der Waals surface area contributed by atoms with Crippen molar-refractivity contribution in [3.63, 3.8) is 0 Å². The van der Waals surface area contributed by atoms with Crippen molar-refractivity contribution in [3.8, 4) is 0 Å². The molecule has 2 aliphatic rings. The first-order valence-corrected chi connectivity index (χ1v) is 14.2. The van der Waals surface area contributed by atoms with Gasteiger partial charge in [0.1, 0.15) is 17.1 Å². The summed E-state index contributed by atoms with van der Waals surface area (Å²) in [7, 11) is 0. The molecular weight excluding hydrogens is 543 g/mol. The minimum Gasteiger partial charge on any atom is -0.477 e. The third-order valence-corrected chi connectivity index (χ3v) is 9.93. The van der Waals surface area contributed by atoms with E-state index in [1.807, 2.05) is 0 Å². The number of amides is 3. The minimum atomic E-state index is -1.20. The quantitative estimate of drug-likeness (QED) is 0.229. The maximum absolute atomic E-state index is 12.8. The van der Waals surface area contributed by atoms with Crippen molar-refractivity contribution in [2.24, 2.45) is 5.73 Å². The number of aliphatic carboxylic acids is 1. The van der Waals surface area contributed by atoms with Crippen molar-refractivity contribution in [1.82, 2.24) is 25.4 Å². The van der Waals surface area contributed by atoms with Crippen LogP contribution >= 0.6 is 58.0 Å². The summed E-state index contributed by atoms with van der Waals surface area (Å²) in [5.74, 6) is -1.72. The summed E-state index contributed by atoms with van der Waals surface area (Å²) in [6, 6.07) is -0.801. The third kappa shape index (κ3) is 5.48. The van der Waals surface area contributed by atoms with E-state index in [1.165, 1.54) is 62.9 Å². The molecule has 17 heteroatoms. The predicted octanol–water partition coefficient (Wildman–Crippen LogP) is 0.228. The van der Waals surface area contributed by atoms with Crippen molar-refractivity contribution >= 4 is 86.8 Å². The molecule has 0 aliphatic carbocycles. The van der Waals surface area contributed by atoms with Gasteiger partial charge < -0.3 is 21.9 Å². The third-order valence-electron chi connectivity index (χ3n) is 4.57. The van der Waals surface area contributed by atoms with Gasteiger partial charge in [-0.1, -0.05) is 34.9 Å². The SMILES string of the molecule is NC(=O)CSc1nnc(SCC2=C(C(=O)O)N3C(=O)C(NC(=O)Cc4csc(N)n4)[C@H]3SC2)s1. The van der Waals surface area contributed by atoms with E-state index in [0.29, 0.717) is 36.6 Å². The molecule has 2 aromatic heterocycles. The number of carbonyl (C=O) groups excluding carboxylic acids is 3. The Bertz CT molecular complexity index is 1180. The van der Waals surface area contributed by atoms with E-state index in [4.69, 9.17) is 11.5 Å². The normalized spacial score (nSPS) is 19.5. The fourth-order valence-corrected chi connectivity index (χ4v) is 7.99. The molecule has 4 rings (SSSR count). The second-order valence-electron chi connectivity index (χ2n) is 6.94.